The summed E-state index contributed by atoms with van der Waals surface area (Å²) in [6, 6.07) is 14.3. The second kappa shape index (κ2) is 11.7. The number of nitrogens with one attached hydrogen (secondary N) is 1. The number of benzene rings is 2. The van der Waals surface area contributed by atoms with E-state index < -0.39 is 0 Å². The Kier molecular flexibility index (Phi) is 8.46. The number of aryl methyl sites for hydroxylation is 3. The summed E-state index contributed by atoms with van der Waals surface area (Å²) in [5.41, 5.74) is 5.44. The molecular weight excluding hydrogens is 458 g/mol. The van der Waals surface area contributed by atoms with Crippen LogP contribution in [0.15, 0.2) is 52.3 Å². The fourth-order valence-electron chi connectivity index (χ4n) is 4.56. The number of carbonyl (C=O) groups excluding carboxylic acids is 1. The quantitative estimate of drug-likeness (QED) is 0.364. The summed E-state index contributed by atoms with van der Waals surface area (Å²) in [7, 11) is 0. The van der Waals surface area contributed by atoms with Crippen LogP contribution in [-0.2, 0) is 11.3 Å². The maximum atomic E-state index is 12.7. The first kappa shape index (κ1) is 25.3. The summed E-state index contributed by atoms with van der Waals surface area (Å²) in [4.78, 5) is 34.6. The molecular formula is C27H35N5O2S. The average Bonchev–Trinajstić information content (AvgIpc) is 2.87. The minimum atomic E-state index is -0.135. The molecule has 2 aromatic carbocycles. The normalized spacial score (nSPS) is 14.4. The Bertz CT molecular complexity index is 1230. The standard InChI is InChI=1S/C27H35N5O2S/c1-4-32-23-9-6-5-8-22(23)29-26(27(32)34)35-19-25(33)28-12-7-13-30-14-16-31(17-15-30)24-18-20(2)10-11-21(24)3/h5-6,8-11,18H,4,7,12-17,19H2,1-3H3,(H,28,33). The molecule has 7 nitrogen and oxygen atoms in total. The van der Waals surface area contributed by atoms with Gasteiger partial charge in [0, 0.05) is 45.0 Å². The summed E-state index contributed by atoms with van der Waals surface area (Å²) >= 11 is 1.21. The first-order valence-corrected chi connectivity index (χ1v) is 13.4. The smallest absolute Gasteiger partial charge is 0.283 e. The molecule has 186 valence electrons. The number of carbonyl (C=O) groups is 1. The number of thioether (sulfide) groups is 1. The molecule has 0 unspecified atom stereocenters. The van der Waals surface area contributed by atoms with Crippen LogP contribution in [0.2, 0.25) is 0 Å². The predicted molar refractivity (Wildman–Crippen MR) is 145 cm³/mol. The van der Waals surface area contributed by atoms with Crippen LogP contribution in [0.3, 0.4) is 0 Å². The molecule has 4 rings (SSSR count). The monoisotopic (exact) mass is 493 g/mol. The number of nitrogens with zero attached hydrogens (tertiary/aromatic N) is 4. The number of hydrogen-bond acceptors (Lipinski definition) is 6. The fourth-order valence-corrected chi connectivity index (χ4v) is 5.33. The molecule has 0 spiro atoms. The van der Waals surface area contributed by atoms with Crippen molar-refractivity contribution in [2.24, 2.45) is 0 Å². The zero-order valence-corrected chi connectivity index (χ0v) is 21.7. The zero-order valence-electron chi connectivity index (χ0n) is 20.9. The molecule has 35 heavy (non-hydrogen) atoms. The van der Waals surface area contributed by atoms with E-state index in [4.69, 9.17) is 0 Å². The van der Waals surface area contributed by atoms with E-state index >= 15 is 0 Å². The Morgan fingerprint density at radius 3 is 2.63 bits per heavy atom. The highest BCUT2D eigenvalue weighted by atomic mass is 32.2. The zero-order chi connectivity index (χ0) is 24.8. The summed E-state index contributed by atoms with van der Waals surface area (Å²) in [5.74, 6) is 0.130. The van der Waals surface area contributed by atoms with Crippen LogP contribution in [0.1, 0.15) is 24.5 Å². The largest absolute Gasteiger partial charge is 0.369 e. The second-order valence-corrected chi connectivity index (χ2v) is 10.0. The van der Waals surface area contributed by atoms with E-state index in [-0.39, 0.29) is 17.2 Å². The van der Waals surface area contributed by atoms with Crippen molar-refractivity contribution in [3.05, 3.63) is 63.9 Å². The van der Waals surface area contributed by atoms with Crippen molar-refractivity contribution in [1.29, 1.82) is 0 Å². The van der Waals surface area contributed by atoms with Gasteiger partial charge in [0.05, 0.1) is 16.8 Å². The molecule has 0 aliphatic carbocycles. The topological polar surface area (TPSA) is 70.5 Å². The van der Waals surface area contributed by atoms with Crippen LogP contribution < -0.4 is 15.8 Å². The molecule has 1 aliphatic rings. The van der Waals surface area contributed by atoms with E-state index in [1.807, 2.05) is 31.2 Å². The number of fused-ring (bicyclic) bond motifs is 1. The number of aromatic nitrogens is 2. The van der Waals surface area contributed by atoms with Gasteiger partial charge in [0.1, 0.15) is 0 Å². The fraction of sp³-hybridized carbons (Fsp3) is 0.444. The molecule has 1 aromatic heterocycles. The number of para-hydroxylation sites is 2. The number of amides is 1. The molecule has 1 aliphatic heterocycles. The van der Waals surface area contributed by atoms with Crippen LogP contribution in [0, 0.1) is 13.8 Å². The number of hydrogen-bond donors (Lipinski definition) is 1. The van der Waals surface area contributed by atoms with Crippen molar-refractivity contribution in [3.8, 4) is 0 Å². The average molecular weight is 494 g/mol. The number of piperazine rings is 1. The van der Waals surface area contributed by atoms with Crippen molar-refractivity contribution in [2.45, 2.75) is 38.8 Å². The van der Waals surface area contributed by atoms with E-state index in [1.54, 1.807) is 4.57 Å². The third-order valence-electron chi connectivity index (χ3n) is 6.53. The van der Waals surface area contributed by atoms with Crippen LogP contribution in [0.5, 0.6) is 0 Å². The van der Waals surface area contributed by atoms with E-state index in [0.29, 0.717) is 18.1 Å². The minimum Gasteiger partial charge on any atom is -0.369 e. The molecule has 3 aromatic rings. The lowest BCUT2D eigenvalue weighted by atomic mass is 10.1. The molecule has 1 N–H and O–H groups in total. The Hall–Kier alpha value is -2.84. The first-order chi connectivity index (χ1) is 17.0. The Balaban J connectivity index is 1.19. The molecule has 2 heterocycles. The van der Waals surface area contributed by atoms with Gasteiger partial charge in [-0.05, 0) is 63.1 Å². The van der Waals surface area contributed by atoms with E-state index in [0.717, 1.165) is 50.2 Å². The third-order valence-corrected chi connectivity index (χ3v) is 7.48. The minimum absolute atomic E-state index is 0.0628. The third kappa shape index (κ3) is 6.24. The Labute approximate surface area is 211 Å². The molecule has 8 heteroatoms. The van der Waals surface area contributed by atoms with Gasteiger partial charge >= 0.3 is 0 Å². The van der Waals surface area contributed by atoms with Crippen LogP contribution >= 0.6 is 11.8 Å². The highest BCUT2D eigenvalue weighted by molar-refractivity contribution is 7.99. The van der Waals surface area contributed by atoms with E-state index in [9.17, 15) is 9.59 Å². The van der Waals surface area contributed by atoms with Gasteiger partial charge in [-0.2, -0.15) is 0 Å². The number of anilines is 1. The van der Waals surface area contributed by atoms with Gasteiger partial charge < -0.3 is 14.8 Å². The molecule has 0 saturated carbocycles. The maximum absolute atomic E-state index is 12.7. The van der Waals surface area contributed by atoms with E-state index in [1.165, 1.54) is 28.6 Å². The Morgan fingerprint density at radius 1 is 1.09 bits per heavy atom. The van der Waals surface area contributed by atoms with Crippen LogP contribution in [0.4, 0.5) is 5.69 Å². The summed E-state index contributed by atoms with van der Waals surface area (Å²) in [6.07, 6.45) is 0.913. The molecule has 0 atom stereocenters. The molecule has 0 bridgehead atoms. The van der Waals surface area contributed by atoms with Gasteiger partial charge in [-0.25, -0.2) is 4.98 Å². The SMILES string of the molecule is CCn1c(=O)c(SCC(=O)NCCCN2CCN(c3cc(C)ccc3C)CC2)nc2ccccc21. The van der Waals surface area contributed by atoms with Crippen LogP contribution in [-0.4, -0.2) is 65.4 Å². The summed E-state index contributed by atoms with van der Waals surface area (Å²) in [6.45, 7) is 12.6. The highest BCUT2D eigenvalue weighted by Gasteiger charge is 2.18. The molecule has 0 radical (unpaired) electrons. The highest BCUT2D eigenvalue weighted by Crippen LogP contribution is 2.23. The lowest BCUT2D eigenvalue weighted by Gasteiger charge is -2.37. The summed E-state index contributed by atoms with van der Waals surface area (Å²) in [5, 5.41) is 3.37. The van der Waals surface area contributed by atoms with Crippen molar-refractivity contribution < 1.29 is 4.79 Å². The predicted octanol–water partition coefficient (Wildman–Crippen LogP) is 3.45. The lowest BCUT2D eigenvalue weighted by molar-refractivity contribution is -0.118. The van der Waals surface area contributed by atoms with Crippen molar-refractivity contribution in [3.63, 3.8) is 0 Å². The van der Waals surface area contributed by atoms with Crippen molar-refractivity contribution in [2.75, 3.05) is 49.9 Å². The Morgan fingerprint density at radius 2 is 1.86 bits per heavy atom. The summed E-state index contributed by atoms with van der Waals surface area (Å²) < 4.78 is 1.71. The van der Waals surface area contributed by atoms with Gasteiger partial charge in [-0.15, -0.1) is 0 Å². The van der Waals surface area contributed by atoms with Gasteiger partial charge in [0.2, 0.25) is 5.91 Å². The van der Waals surface area contributed by atoms with E-state index in [2.05, 4.69) is 52.1 Å². The molecule has 1 amide bonds. The van der Waals surface area contributed by atoms with Gasteiger partial charge in [-0.1, -0.05) is 36.0 Å². The van der Waals surface area contributed by atoms with Crippen molar-refractivity contribution in [1.82, 2.24) is 19.8 Å². The van der Waals surface area contributed by atoms with Gasteiger partial charge in [0.25, 0.3) is 5.56 Å². The lowest BCUT2D eigenvalue weighted by Crippen LogP contribution is -2.47. The molecule has 1 saturated heterocycles. The second-order valence-electron chi connectivity index (χ2n) is 9.07. The first-order valence-electron chi connectivity index (χ1n) is 12.4. The van der Waals surface area contributed by atoms with Gasteiger partial charge in [0.15, 0.2) is 5.03 Å². The maximum Gasteiger partial charge on any atom is 0.283 e. The van der Waals surface area contributed by atoms with Gasteiger partial charge in [-0.3, -0.25) is 14.5 Å². The van der Waals surface area contributed by atoms with Crippen molar-refractivity contribution >= 4 is 34.4 Å². The molecule has 1 fully saturated rings. The van der Waals surface area contributed by atoms with Crippen LogP contribution in [0.25, 0.3) is 11.0 Å². The number of rotatable bonds is 9.